The number of likely N-dealkylation sites (tertiary alicyclic amines) is 1. The first-order valence-corrected chi connectivity index (χ1v) is 25.5. The SMILES string of the molecule is CCC(C)C(C(CC(O)N1CCCC1C(OC)C(C)C(=O)NC(Cc1ccccc1)C(=O)NOCc1ccc(NC(=O)C(C)NC(=O)CCN)cc1)OC)N(C)C(=O)C(NC(=O)C(C(C)C)N(C)C)C(C)C. The summed E-state index contributed by atoms with van der Waals surface area (Å²) in [6, 6.07) is 12.3. The third-order valence-electron chi connectivity index (χ3n) is 13.8. The van der Waals surface area contributed by atoms with Crippen molar-refractivity contribution in [1.82, 2.24) is 36.1 Å². The molecular weight excluding hydrogens is 923 g/mol. The number of hydrogen-bond acceptors (Lipinski definition) is 13. The van der Waals surface area contributed by atoms with E-state index in [1.807, 2.05) is 88.8 Å². The smallest absolute Gasteiger partial charge is 0.266 e. The van der Waals surface area contributed by atoms with Gasteiger partial charge in [-0.1, -0.05) is 97.4 Å². The lowest BCUT2D eigenvalue weighted by molar-refractivity contribution is -0.146. The average molecular weight is 1010 g/mol. The molecule has 19 heteroatoms. The van der Waals surface area contributed by atoms with E-state index in [1.54, 1.807) is 57.2 Å². The van der Waals surface area contributed by atoms with Crippen molar-refractivity contribution in [3.05, 3.63) is 65.7 Å². The Morgan fingerprint density at radius 2 is 1.46 bits per heavy atom. The van der Waals surface area contributed by atoms with Crippen LogP contribution in [0.1, 0.15) is 98.6 Å². The van der Waals surface area contributed by atoms with Crippen molar-refractivity contribution in [2.45, 2.75) is 155 Å². The first-order valence-electron chi connectivity index (χ1n) is 25.5. The fraction of sp³-hybridized carbons (Fsp3) is 0.660. The second kappa shape index (κ2) is 30.2. The minimum atomic E-state index is -1.03. The molecule has 6 amide bonds. The highest BCUT2D eigenvalue weighted by Crippen LogP contribution is 2.31. The molecule has 1 fully saturated rings. The summed E-state index contributed by atoms with van der Waals surface area (Å²) in [6.07, 6.45) is 0.258. The van der Waals surface area contributed by atoms with E-state index in [-0.39, 0.29) is 73.9 Å². The molecule has 11 atom stereocenters. The highest BCUT2D eigenvalue weighted by molar-refractivity contribution is 5.97. The van der Waals surface area contributed by atoms with E-state index in [4.69, 9.17) is 20.0 Å². The van der Waals surface area contributed by atoms with Gasteiger partial charge in [-0.15, -0.1) is 0 Å². The fourth-order valence-electron chi connectivity index (χ4n) is 9.66. The number of rotatable bonds is 30. The molecule has 0 saturated carbocycles. The van der Waals surface area contributed by atoms with E-state index in [9.17, 15) is 33.9 Å². The predicted molar refractivity (Wildman–Crippen MR) is 278 cm³/mol. The molecule has 11 unspecified atom stereocenters. The van der Waals surface area contributed by atoms with Gasteiger partial charge in [0.2, 0.25) is 29.5 Å². The van der Waals surface area contributed by atoms with Crippen LogP contribution in [-0.4, -0.2) is 158 Å². The molecule has 2 aromatic carbocycles. The van der Waals surface area contributed by atoms with E-state index < -0.39 is 72.3 Å². The van der Waals surface area contributed by atoms with Gasteiger partial charge in [0.25, 0.3) is 5.91 Å². The summed E-state index contributed by atoms with van der Waals surface area (Å²) in [5.41, 5.74) is 9.92. The average Bonchev–Trinajstić information content (AvgIpc) is 3.82. The van der Waals surface area contributed by atoms with Crippen LogP contribution in [0.2, 0.25) is 0 Å². The molecular formula is C53H87N9O10. The van der Waals surface area contributed by atoms with Gasteiger partial charge < -0.3 is 46.5 Å². The molecule has 1 aliphatic rings. The molecule has 1 heterocycles. The Bertz CT molecular complexity index is 2000. The number of carbonyl (C=O) groups is 6. The normalized spacial score (nSPS) is 18.2. The number of ether oxygens (including phenoxy) is 2. The van der Waals surface area contributed by atoms with Gasteiger partial charge in [-0.25, -0.2) is 5.48 Å². The van der Waals surface area contributed by atoms with Crippen LogP contribution in [0, 0.1) is 23.7 Å². The summed E-state index contributed by atoms with van der Waals surface area (Å²) in [5, 5.41) is 23.4. The highest BCUT2D eigenvalue weighted by atomic mass is 16.7. The van der Waals surface area contributed by atoms with Gasteiger partial charge in [-0.05, 0) is 74.9 Å². The summed E-state index contributed by atoms with van der Waals surface area (Å²) in [5.74, 6) is -3.12. The Kier molecular flexibility index (Phi) is 25.7. The number of nitrogens with zero attached hydrogens (tertiary/aromatic N) is 3. The molecule has 404 valence electrons. The molecule has 0 spiro atoms. The third kappa shape index (κ3) is 17.9. The largest absolute Gasteiger partial charge is 0.379 e. The van der Waals surface area contributed by atoms with Gasteiger partial charge in [0.15, 0.2) is 0 Å². The Balaban J connectivity index is 1.73. The molecule has 0 bridgehead atoms. The van der Waals surface area contributed by atoms with Crippen molar-refractivity contribution in [2.75, 3.05) is 53.8 Å². The number of aliphatic hydroxyl groups excluding tert-OH is 1. The number of nitrogens with one attached hydrogen (secondary N) is 5. The Morgan fingerprint density at radius 1 is 0.806 bits per heavy atom. The molecule has 1 aliphatic heterocycles. The summed E-state index contributed by atoms with van der Waals surface area (Å²) in [4.78, 5) is 91.5. The first-order chi connectivity index (χ1) is 34.1. The maximum absolute atomic E-state index is 14.4. The van der Waals surface area contributed by atoms with Gasteiger partial charge in [0, 0.05) is 65.3 Å². The zero-order valence-corrected chi connectivity index (χ0v) is 45.1. The van der Waals surface area contributed by atoms with Crippen molar-refractivity contribution in [2.24, 2.45) is 29.4 Å². The molecule has 8 N–H and O–H groups in total. The van der Waals surface area contributed by atoms with Crippen LogP contribution < -0.4 is 32.5 Å². The second-order valence-electron chi connectivity index (χ2n) is 20.2. The quantitative estimate of drug-likeness (QED) is 0.0557. The Labute approximate surface area is 428 Å². The van der Waals surface area contributed by atoms with Crippen molar-refractivity contribution < 1.29 is 48.2 Å². The van der Waals surface area contributed by atoms with Crippen molar-refractivity contribution >= 4 is 41.1 Å². The molecule has 72 heavy (non-hydrogen) atoms. The van der Waals surface area contributed by atoms with Crippen LogP contribution in [0.15, 0.2) is 54.6 Å². The molecule has 1 saturated heterocycles. The standard InChI is InChI=1S/C53H87N9O10/c1-14-34(6)47(61(11)53(69)45(32(2)3)58-52(68)46(33(4)5)60(9)10)42(70-12)30-44(64)62-28-18-21-41(62)48(71-13)35(7)49(65)57-40(29-37-19-16-15-17-20-37)51(67)59-72-31-38-22-24-39(25-23-38)56-50(66)36(8)55-43(63)26-27-54/h15-17,19-20,22-25,32-36,40-42,44-48,64H,14,18,21,26-31,54H2,1-13H3,(H,55,63)(H,56,66)(H,57,65)(H,58,68)(H,59,67). The second-order valence-corrected chi connectivity index (χ2v) is 20.2. The van der Waals surface area contributed by atoms with Crippen molar-refractivity contribution in [3.63, 3.8) is 0 Å². The van der Waals surface area contributed by atoms with Crippen LogP contribution in [0.3, 0.4) is 0 Å². The fourth-order valence-corrected chi connectivity index (χ4v) is 9.66. The minimum absolute atomic E-state index is 0.0132. The summed E-state index contributed by atoms with van der Waals surface area (Å²) >= 11 is 0. The van der Waals surface area contributed by atoms with Gasteiger partial charge >= 0.3 is 0 Å². The monoisotopic (exact) mass is 1010 g/mol. The first kappa shape index (κ1) is 61.3. The molecule has 0 radical (unpaired) electrons. The zero-order valence-electron chi connectivity index (χ0n) is 45.1. The number of likely N-dealkylation sites (N-methyl/N-ethyl adjacent to an activating group) is 2. The number of carbonyl (C=O) groups excluding carboxylic acids is 6. The van der Waals surface area contributed by atoms with Crippen LogP contribution in [0.25, 0.3) is 0 Å². The molecule has 0 aromatic heterocycles. The maximum atomic E-state index is 14.4. The van der Waals surface area contributed by atoms with Gasteiger partial charge in [-0.3, -0.25) is 43.4 Å². The highest BCUT2D eigenvalue weighted by Gasteiger charge is 2.44. The number of hydroxylamine groups is 1. The molecule has 3 rings (SSSR count). The minimum Gasteiger partial charge on any atom is -0.379 e. The molecule has 2 aromatic rings. The number of anilines is 1. The van der Waals surface area contributed by atoms with E-state index in [0.717, 1.165) is 18.4 Å². The van der Waals surface area contributed by atoms with Crippen LogP contribution in [0.4, 0.5) is 5.69 Å². The number of hydrogen-bond donors (Lipinski definition) is 7. The van der Waals surface area contributed by atoms with Gasteiger partial charge in [0.1, 0.15) is 24.4 Å². The van der Waals surface area contributed by atoms with Crippen LogP contribution in [-0.2, 0) is 56.1 Å². The lowest BCUT2D eigenvalue weighted by atomic mass is 9.89. The number of methoxy groups -OCH3 is 2. The lowest BCUT2D eigenvalue weighted by Gasteiger charge is -2.42. The van der Waals surface area contributed by atoms with Crippen LogP contribution in [0.5, 0.6) is 0 Å². The third-order valence-corrected chi connectivity index (χ3v) is 13.8. The van der Waals surface area contributed by atoms with Gasteiger partial charge in [-0.2, -0.15) is 0 Å². The van der Waals surface area contributed by atoms with E-state index in [2.05, 4.69) is 33.7 Å². The van der Waals surface area contributed by atoms with Crippen LogP contribution >= 0.6 is 0 Å². The summed E-state index contributed by atoms with van der Waals surface area (Å²) in [6.45, 7) is 15.9. The molecule has 0 aliphatic carbocycles. The summed E-state index contributed by atoms with van der Waals surface area (Å²) in [7, 11) is 8.56. The van der Waals surface area contributed by atoms with E-state index >= 15 is 0 Å². The topological polar surface area (TPSA) is 246 Å². The van der Waals surface area contributed by atoms with E-state index in [0.29, 0.717) is 24.2 Å². The number of benzene rings is 2. The Morgan fingerprint density at radius 3 is 2.01 bits per heavy atom. The number of amides is 6. The predicted octanol–water partition coefficient (Wildman–Crippen LogP) is 3.19. The number of aliphatic hydroxyl groups is 1. The summed E-state index contributed by atoms with van der Waals surface area (Å²) < 4.78 is 12.2. The lowest BCUT2D eigenvalue weighted by Crippen LogP contribution is -2.60. The van der Waals surface area contributed by atoms with Crippen molar-refractivity contribution in [3.8, 4) is 0 Å². The van der Waals surface area contributed by atoms with Gasteiger partial charge in [0.05, 0.1) is 36.8 Å². The zero-order chi connectivity index (χ0) is 53.8. The molecule has 19 nitrogen and oxygen atoms in total. The number of nitrogens with two attached hydrogens (primary N) is 1. The van der Waals surface area contributed by atoms with Crippen molar-refractivity contribution in [1.29, 1.82) is 0 Å². The van der Waals surface area contributed by atoms with E-state index in [1.165, 1.54) is 7.11 Å². The Hall–Kier alpha value is -5.02. The maximum Gasteiger partial charge on any atom is 0.266 e.